The van der Waals surface area contributed by atoms with Crippen molar-refractivity contribution in [3.63, 3.8) is 0 Å². The molecular formula is C47H43NSi. The van der Waals surface area contributed by atoms with Gasteiger partial charge in [-0.25, -0.2) is 0 Å². The van der Waals surface area contributed by atoms with E-state index in [9.17, 15) is 0 Å². The van der Waals surface area contributed by atoms with Crippen molar-refractivity contribution in [2.75, 3.05) is 0 Å². The van der Waals surface area contributed by atoms with E-state index in [1.54, 1.807) is 11.1 Å². The van der Waals surface area contributed by atoms with Crippen LogP contribution in [0.25, 0.3) is 60.5 Å². The van der Waals surface area contributed by atoms with Crippen molar-refractivity contribution in [2.24, 2.45) is 23.7 Å². The summed E-state index contributed by atoms with van der Waals surface area (Å²) in [7, 11) is -1.39. The standard InChI is InChI=1S/C47H43NSi/c1-49(2,3)37-17-15-36(16-18-37)48-44-20-14-33(28-41(44)46-38-9-5-4-8-31(38)13-21-45(46)48)32-12-19-43-40(27-32)39-10-6-7-11-42(39)47(43)34-23-29-22-30(25-34)26-35(47)24-29/h4-21,27-30,34-35H,22-26H2,1-3H3. The lowest BCUT2D eigenvalue weighted by atomic mass is 9.43. The molecule has 4 saturated carbocycles. The number of rotatable bonds is 3. The van der Waals surface area contributed by atoms with Gasteiger partial charge in [-0.15, -0.1) is 0 Å². The molecule has 0 radical (unpaired) electrons. The number of nitrogens with zero attached hydrogens (tertiary/aromatic N) is 1. The van der Waals surface area contributed by atoms with Crippen LogP contribution in [0.2, 0.25) is 19.6 Å². The van der Waals surface area contributed by atoms with Gasteiger partial charge < -0.3 is 4.57 Å². The predicted octanol–water partition coefficient (Wildman–Crippen LogP) is 11.9. The number of hydrogen-bond acceptors (Lipinski definition) is 0. The second-order valence-electron chi connectivity index (χ2n) is 17.0. The molecule has 0 saturated heterocycles. The third kappa shape index (κ3) is 3.82. The van der Waals surface area contributed by atoms with E-state index in [-0.39, 0.29) is 5.41 Å². The zero-order valence-corrected chi connectivity index (χ0v) is 29.8. The van der Waals surface area contributed by atoms with E-state index >= 15 is 0 Å². The third-order valence-electron chi connectivity index (χ3n) is 13.5. The van der Waals surface area contributed by atoms with Crippen molar-refractivity contribution in [1.82, 2.24) is 4.57 Å². The molecule has 0 amide bonds. The summed E-state index contributed by atoms with van der Waals surface area (Å²) in [5.74, 6) is 3.53. The Labute approximate surface area is 290 Å². The van der Waals surface area contributed by atoms with Crippen molar-refractivity contribution in [1.29, 1.82) is 0 Å². The highest BCUT2D eigenvalue weighted by Gasteiger charge is 2.61. The second-order valence-corrected chi connectivity index (χ2v) is 22.1. The van der Waals surface area contributed by atoms with Crippen molar-refractivity contribution in [2.45, 2.75) is 57.2 Å². The summed E-state index contributed by atoms with van der Waals surface area (Å²) < 4.78 is 2.49. The van der Waals surface area contributed by atoms with Gasteiger partial charge in [0.1, 0.15) is 0 Å². The van der Waals surface area contributed by atoms with Gasteiger partial charge in [0.15, 0.2) is 0 Å². The average Bonchev–Trinajstić information content (AvgIpc) is 3.60. The highest BCUT2D eigenvalue weighted by Crippen LogP contribution is 2.69. The molecule has 0 aliphatic heterocycles. The fourth-order valence-corrected chi connectivity index (χ4v) is 12.9. The van der Waals surface area contributed by atoms with Crippen LogP contribution in [0.15, 0.2) is 121 Å². The number of benzene rings is 6. The van der Waals surface area contributed by atoms with E-state index in [2.05, 4.69) is 146 Å². The summed E-state index contributed by atoms with van der Waals surface area (Å²) in [4.78, 5) is 0. The summed E-state index contributed by atoms with van der Waals surface area (Å²) in [6.45, 7) is 7.28. The van der Waals surface area contributed by atoms with Crippen LogP contribution in [0, 0.1) is 23.7 Å². The van der Waals surface area contributed by atoms with E-state index in [0.717, 1.165) is 23.7 Å². The molecule has 12 rings (SSSR count). The Morgan fingerprint density at radius 2 is 1.20 bits per heavy atom. The zero-order chi connectivity index (χ0) is 32.6. The molecule has 240 valence electrons. The monoisotopic (exact) mass is 649 g/mol. The SMILES string of the molecule is C[Si](C)(C)c1ccc(-n2c3ccc(-c4ccc5c(c4)-c4ccccc4C54C5CC6CC(C5)CC4C6)cc3c3c4ccccc4ccc32)cc1. The molecule has 0 unspecified atom stereocenters. The number of fused-ring (bicyclic) bond motifs is 8. The van der Waals surface area contributed by atoms with Crippen LogP contribution in [0.3, 0.4) is 0 Å². The van der Waals surface area contributed by atoms with Crippen LogP contribution in [0.4, 0.5) is 0 Å². The van der Waals surface area contributed by atoms with Gasteiger partial charge >= 0.3 is 0 Å². The lowest BCUT2D eigenvalue weighted by Crippen LogP contribution is -2.55. The Morgan fingerprint density at radius 1 is 0.551 bits per heavy atom. The summed E-state index contributed by atoms with van der Waals surface area (Å²) in [5.41, 5.74) is 12.9. The fourth-order valence-electron chi connectivity index (χ4n) is 11.7. The molecule has 6 aromatic carbocycles. The zero-order valence-electron chi connectivity index (χ0n) is 28.8. The Balaban J connectivity index is 1.11. The van der Waals surface area contributed by atoms with Crippen LogP contribution in [0.1, 0.15) is 43.2 Å². The smallest absolute Gasteiger partial charge is 0.0775 e. The van der Waals surface area contributed by atoms with E-state index in [1.807, 2.05) is 0 Å². The topological polar surface area (TPSA) is 4.93 Å². The van der Waals surface area contributed by atoms with Crippen LogP contribution in [0.5, 0.6) is 0 Å². The molecule has 5 aliphatic rings. The van der Waals surface area contributed by atoms with Gasteiger partial charge in [-0.2, -0.15) is 0 Å². The molecule has 1 aromatic heterocycles. The number of hydrogen-bond donors (Lipinski definition) is 0. The normalized spacial score (nSPS) is 25.1. The Bertz CT molecular complexity index is 2460. The minimum atomic E-state index is -1.39. The van der Waals surface area contributed by atoms with Crippen LogP contribution in [-0.2, 0) is 5.41 Å². The van der Waals surface area contributed by atoms with Gasteiger partial charge in [-0.3, -0.25) is 0 Å². The summed E-state index contributed by atoms with van der Waals surface area (Å²) in [6, 6.07) is 47.3. The highest BCUT2D eigenvalue weighted by molar-refractivity contribution is 6.88. The average molecular weight is 650 g/mol. The largest absolute Gasteiger partial charge is 0.309 e. The maximum Gasteiger partial charge on any atom is 0.0775 e. The third-order valence-corrected chi connectivity index (χ3v) is 15.6. The molecule has 4 fully saturated rings. The lowest BCUT2D eigenvalue weighted by Gasteiger charge is -2.61. The van der Waals surface area contributed by atoms with Gasteiger partial charge in [0.05, 0.1) is 19.1 Å². The van der Waals surface area contributed by atoms with Crippen LogP contribution in [-0.4, -0.2) is 12.6 Å². The molecular weight excluding hydrogens is 607 g/mol. The lowest BCUT2D eigenvalue weighted by molar-refractivity contribution is -0.0399. The minimum absolute atomic E-state index is 0.221. The molecule has 2 heteroatoms. The molecule has 1 spiro atoms. The molecule has 1 heterocycles. The fraction of sp³-hybridized carbons (Fsp3) is 0.277. The van der Waals surface area contributed by atoms with Gasteiger partial charge in [-0.05, 0) is 136 Å². The maximum absolute atomic E-state index is 2.57. The van der Waals surface area contributed by atoms with E-state index < -0.39 is 8.07 Å². The van der Waals surface area contributed by atoms with Crippen LogP contribution < -0.4 is 5.19 Å². The maximum atomic E-state index is 2.57. The Kier molecular flexibility index (Phi) is 5.72. The van der Waals surface area contributed by atoms with E-state index in [1.165, 1.54) is 97.8 Å². The molecule has 7 aromatic rings. The summed E-state index contributed by atoms with van der Waals surface area (Å²) in [5, 5.41) is 6.80. The summed E-state index contributed by atoms with van der Waals surface area (Å²) >= 11 is 0. The van der Waals surface area contributed by atoms with Crippen molar-refractivity contribution in [3.8, 4) is 27.9 Å². The molecule has 0 N–H and O–H groups in total. The quantitative estimate of drug-likeness (QED) is 0.168. The molecule has 1 nitrogen and oxygen atoms in total. The van der Waals surface area contributed by atoms with Crippen LogP contribution >= 0.6 is 0 Å². The Hall–Kier alpha value is -4.40. The van der Waals surface area contributed by atoms with Gasteiger partial charge in [0.25, 0.3) is 0 Å². The molecule has 4 bridgehead atoms. The highest BCUT2D eigenvalue weighted by atomic mass is 28.3. The first-order valence-corrected chi connectivity index (χ1v) is 22.2. The van der Waals surface area contributed by atoms with Crippen molar-refractivity contribution in [3.05, 3.63) is 132 Å². The number of aromatic nitrogens is 1. The molecule has 5 aliphatic carbocycles. The van der Waals surface area contributed by atoms with E-state index in [4.69, 9.17) is 0 Å². The van der Waals surface area contributed by atoms with Gasteiger partial charge in [0.2, 0.25) is 0 Å². The first kappa shape index (κ1) is 28.4. The predicted molar refractivity (Wildman–Crippen MR) is 210 cm³/mol. The first-order valence-electron chi connectivity index (χ1n) is 18.7. The minimum Gasteiger partial charge on any atom is -0.309 e. The first-order chi connectivity index (χ1) is 23.9. The van der Waals surface area contributed by atoms with Crippen molar-refractivity contribution >= 4 is 45.8 Å². The van der Waals surface area contributed by atoms with Crippen molar-refractivity contribution < 1.29 is 0 Å². The molecule has 49 heavy (non-hydrogen) atoms. The second kappa shape index (κ2) is 9.85. The molecule has 0 atom stereocenters. The Morgan fingerprint density at radius 3 is 1.98 bits per heavy atom. The van der Waals surface area contributed by atoms with Gasteiger partial charge in [0, 0.05) is 21.9 Å². The van der Waals surface area contributed by atoms with E-state index in [0.29, 0.717) is 0 Å². The van der Waals surface area contributed by atoms with Gasteiger partial charge in [-0.1, -0.05) is 110 Å². The summed E-state index contributed by atoms with van der Waals surface area (Å²) in [6.07, 6.45) is 7.21.